The number of aromatic amines is 1. The molecule has 0 radical (unpaired) electrons. The molecule has 0 unspecified atom stereocenters. The third-order valence-corrected chi connectivity index (χ3v) is 3.85. The molecule has 1 saturated heterocycles. The lowest BCUT2D eigenvalue weighted by molar-refractivity contribution is 0.0675. The average molecular weight is 459 g/mol. The maximum absolute atomic E-state index is 5.94. The van der Waals surface area contributed by atoms with Gasteiger partial charge in [-0.3, -0.25) is 0 Å². The molecule has 3 rings (SSSR count). The third-order valence-electron chi connectivity index (χ3n) is 3.60. The van der Waals surface area contributed by atoms with E-state index in [1.165, 1.54) is 0 Å². The van der Waals surface area contributed by atoms with E-state index in [0.717, 1.165) is 29.8 Å². The predicted octanol–water partition coefficient (Wildman–Crippen LogP) is 3.52. The number of nitrogens with zero attached hydrogens (tertiary/aromatic N) is 3. The number of nitrogens with one attached hydrogen (secondary N) is 1. The zero-order chi connectivity index (χ0) is 16.1. The lowest BCUT2D eigenvalue weighted by atomic mass is 10.3. The number of aromatic nitrogens is 1. The number of morpholine rings is 1. The molecule has 2 heterocycles. The monoisotopic (exact) mass is 458 g/mol. The van der Waals surface area contributed by atoms with Crippen LogP contribution in [0, 0.1) is 6.92 Å². The van der Waals surface area contributed by atoms with E-state index in [4.69, 9.17) is 26.3 Å². The van der Waals surface area contributed by atoms with Crippen LogP contribution < -0.4 is 5.49 Å². The van der Waals surface area contributed by atoms with Gasteiger partial charge in [-0.25, -0.2) is 4.99 Å². The fourth-order valence-electron chi connectivity index (χ4n) is 2.29. The molecule has 7 heteroatoms. The fourth-order valence-corrected chi connectivity index (χ4v) is 2.42. The zero-order valence-corrected chi connectivity index (χ0v) is 16.5. The number of aliphatic imine (C=N–C) groups is 1. The first kappa shape index (κ1) is 19.0. The maximum Gasteiger partial charge on any atom is 0.228 e. The summed E-state index contributed by atoms with van der Waals surface area (Å²) in [6, 6.07) is 11.4. The van der Waals surface area contributed by atoms with Gasteiger partial charge in [0.2, 0.25) is 5.96 Å². The Morgan fingerprint density at radius 2 is 1.88 bits per heavy atom. The number of rotatable bonds is 1. The van der Waals surface area contributed by atoms with Crippen molar-refractivity contribution in [2.75, 3.05) is 26.3 Å². The number of pyridine rings is 1. The average Bonchev–Trinajstić information content (AvgIpc) is 2.59. The van der Waals surface area contributed by atoms with Gasteiger partial charge >= 0.3 is 0 Å². The van der Waals surface area contributed by atoms with Crippen molar-refractivity contribution in [2.24, 2.45) is 9.98 Å². The van der Waals surface area contributed by atoms with Gasteiger partial charge in [-0.2, -0.15) is 4.99 Å². The maximum atomic E-state index is 5.94. The summed E-state index contributed by atoms with van der Waals surface area (Å²) in [6.07, 6.45) is 1.87. The molecular formula is C17H20ClIN4O. The molecule has 2 aromatic rings. The van der Waals surface area contributed by atoms with Crippen molar-refractivity contribution in [3.63, 3.8) is 0 Å². The second-order valence-electron chi connectivity index (χ2n) is 5.30. The van der Waals surface area contributed by atoms with Crippen molar-refractivity contribution >= 4 is 47.2 Å². The SMILES string of the molecule is Cc1ccc[nH]c1=NC(=Nc1ccc(Cl)cc1)N1CCOCC1.I. The lowest BCUT2D eigenvalue weighted by Gasteiger charge is -2.27. The molecule has 1 aliphatic rings. The van der Waals surface area contributed by atoms with Crippen molar-refractivity contribution in [2.45, 2.75) is 6.92 Å². The molecule has 1 aromatic heterocycles. The van der Waals surface area contributed by atoms with Crippen molar-refractivity contribution in [1.82, 2.24) is 9.88 Å². The first-order valence-electron chi connectivity index (χ1n) is 7.58. The Labute approximate surface area is 163 Å². The van der Waals surface area contributed by atoms with E-state index in [1.807, 2.05) is 49.5 Å². The molecule has 1 aromatic carbocycles. The number of halogens is 2. The highest BCUT2D eigenvalue weighted by molar-refractivity contribution is 14.0. The normalized spacial score (nSPS) is 16.0. The van der Waals surface area contributed by atoms with Gasteiger partial charge in [0.15, 0.2) is 0 Å². The Bertz CT molecular complexity index is 752. The third kappa shape index (κ3) is 5.06. The van der Waals surface area contributed by atoms with E-state index in [2.05, 4.69) is 9.88 Å². The smallest absolute Gasteiger partial charge is 0.228 e. The summed E-state index contributed by atoms with van der Waals surface area (Å²) in [4.78, 5) is 14.7. The van der Waals surface area contributed by atoms with Crippen LogP contribution >= 0.6 is 35.6 Å². The Morgan fingerprint density at radius 1 is 1.17 bits per heavy atom. The van der Waals surface area contributed by atoms with Gasteiger partial charge in [0, 0.05) is 24.3 Å². The highest BCUT2D eigenvalue weighted by Crippen LogP contribution is 2.17. The molecule has 128 valence electrons. The molecule has 0 atom stereocenters. The van der Waals surface area contributed by atoms with Crippen LogP contribution in [0.25, 0.3) is 0 Å². The van der Waals surface area contributed by atoms with E-state index >= 15 is 0 Å². The van der Waals surface area contributed by atoms with Gasteiger partial charge in [-0.15, -0.1) is 24.0 Å². The summed E-state index contributed by atoms with van der Waals surface area (Å²) in [5.41, 5.74) is 2.71. The van der Waals surface area contributed by atoms with Gasteiger partial charge < -0.3 is 14.6 Å². The number of H-pyrrole nitrogens is 1. The number of guanidine groups is 1. The molecule has 1 N–H and O–H groups in total. The molecule has 24 heavy (non-hydrogen) atoms. The standard InChI is InChI=1S/C17H19ClN4O.HI/c1-13-3-2-8-19-16(13)21-17(22-9-11-23-12-10-22)20-15-6-4-14(18)5-7-15;/h2-8H,9-12H2,1H3,(H,19,20,21);1H. The Balaban J connectivity index is 0.00000208. The van der Waals surface area contributed by atoms with E-state index in [9.17, 15) is 0 Å². The predicted molar refractivity (Wildman–Crippen MR) is 107 cm³/mol. The number of hydrogen-bond acceptors (Lipinski definition) is 2. The number of aryl methyl sites for hydroxylation is 1. The van der Waals surface area contributed by atoms with Crippen molar-refractivity contribution in [1.29, 1.82) is 0 Å². The summed E-state index contributed by atoms with van der Waals surface area (Å²) in [5, 5.41) is 0.695. The van der Waals surface area contributed by atoms with Crippen LogP contribution in [0.15, 0.2) is 52.6 Å². The quantitative estimate of drug-likeness (QED) is 0.404. The second kappa shape index (κ2) is 9.19. The van der Waals surface area contributed by atoms with Crippen molar-refractivity contribution in [3.05, 3.63) is 58.7 Å². The molecule has 1 aliphatic heterocycles. The van der Waals surface area contributed by atoms with Crippen LogP contribution in [0.3, 0.4) is 0 Å². The summed E-state index contributed by atoms with van der Waals surface area (Å²) < 4.78 is 5.43. The minimum Gasteiger partial charge on any atom is -0.378 e. The van der Waals surface area contributed by atoms with Crippen LogP contribution in [0.4, 0.5) is 5.69 Å². The first-order valence-corrected chi connectivity index (χ1v) is 7.96. The van der Waals surface area contributed by atoms with Crippen LogP contribution in [0.5, 0.6) is 0 Å². The second-order valence-corrected chi connectivity index (χ2v) is 5.74. The summed E-state index contributed by atoms with van der Waals surface area (Å²) in [7, 11) is 0. The lowest BCUT2D eigenvalue weighted by Crippen LogP contribution is -2.40. The van der Waals surface area contributed by atoms with Gasteiger partial charge in [0.1, 0.15) is 5.49 Å². The largest absolute Gasteiger partial charge is 0.378 e. The van der Waals surface area contributed by atoms with Gasteiger partial charge in [0.25, 0.3) is 0 Å². The highest BCUT2D eigenvalue weighted by Gasteiger charge is 2.15. The molecule has 5 nitrogen and oxygen atoms in total. The number of benzene rings is 1. The summed E-state index contributed by atoms with van der Waals surface area (Å²) in [5.74, 6) is 0.682. The van der Waals surface area contributed by atoms with Crippen LogP contribution in [-0.2, 0) is 4.74 Å². The minimum atomic E-state index is 0. The van der Waals surface area contributed by atoms with Gasteiger partial charge in [0.05, 0.1) is 18.9 Å². The van der Waals surface area contributed by atoms with E-state index in [-0.39, 0.29) is 24.0 Å². The molecular weight excluding hydrogens is 439 g/mol. The Morgan fingerprint density at radius 3 is 2.54 bits per heavy atom. The Kier molecular flexibility index (Phi) is 7.26. The molecule has 0 bridgehead atoms. The summed E-state index contributed by atoms with van der Waals surface area (Å²) >= 11 is 5.94. The number of ether oxygens (including phenoxy) is 1. The fraction of sp³-hybridized carbons (Fsp3) is 0.294. The van der Waals surface area contributed by atoms with Gasteiger partial charge in [-0.05, 0) is 42.8 Å². The number of hydrogen-bond donors (Lipinski definition) is 1. The zero-order valence-electron chi connectivity index (χ0n) is 13.4. The molecule has 0 spiro atoms. The van der Waals surface area contributed by atoms with Crippen molar-refractivity contribution < 1.29 is 4.74 Å². The van der Waals surface area contributed by atoms with E-state index in [0.29, 0.717) is 24.2 Å². The van der Waals surface area contributed by atoms with Crippen molar-refractivity contribution in [3.8, 4) is 0 Å². The van der Waals surface area contributed by atoms with Crippen LogP contribution in [0.2, 0.25) is 5.02 Å². The molecule has 0 saturated carbocycles. The molecule has 0 aliphatic carbocycles. The highest BCUT2D eigenvalue weighted by atomic mass is 127. The topological polar surface area (TPSA) is 53.0 Å². The van der Waals surface area contributed by atoms with Crippen LogP contribution in [0.1, 0.15) is 5.56 Å². The van der Waals surface area contributed by atoms with E-state index < -0.39 is 0 Å². The van der Waals surface area contributed by atoms with Crippen LogP contribution in [-0.4, -0.2) is 42.1 Å². The van der Waals surface area contributed by atoms with Gasteiger partial charge in [-0.1, -0.05) is 17.7 Å². The molecule has 0 amide bonds. The summed E-state index contributed by atoms with van der Waals surface area (Å²) in [6.45, 7) is 4.96. The molecule has 1 fully saturated rings. The first-order chi connectivity index (χ1) is 11.2. The minimum absolute atomic E-state index is 0. The van der Waals surface area contributed by atoms with E-state index in [1.54, 1.807) is 0 Å². The Hall–Kier alpha value is -1.38.